The third kappa shape index (κ3) is 5.02. The maximum absolute atomic E-state index is 12.5. The predicted molar refractivity (Wildman–Crippen MR) is 114 cm³/mol. The Morgan fingerprint density at radius 1 is 1.07 bits per heavy atom. The van der Waals surface area contributed by atoms with E-state index in [2.05, 4.69) is 17.6 Å². The van der Waals surface area contributed by atoms with Gasteiger partial charge in [-0.25, -0.2) is 0 Å². The van der Waals surface area contributed by atoms with Gasteiger partial charge in [0.25, 0.3) is 0 Å². The summed E-state index contributed by atoms with van der Waals surface area (Å²) < 4.78 is 0. The van der Waals surface area contributed by atoms with E-state index in [-0.39, 0.29) is 30.7 Å². The Bertz CT molecular complexity index is 910. The van der Waals surface area contributed by atoms with Crippen LogP contribution in [0.15, 0.2) is 48.5 Å². The molecule has 3 rings (SSSR count). The van der Waals surface area contributed by atoms with Crippen molar-refractivity contribution in [2.75, 3.05) is 23.3 Å². The van der Waals surface area contributed by atoms with Crippen LogP contribution in [0, 0.1) is 5.92 Å². The molecule has 1 fully saturated rings. The summed E-state index contributed by atoms with van der Waals surface area (Å²) in [5.41, 5.74) is 3.76. The van der Waals surface area contributed by atoms with Gasteiger partial charge in [0.2, 0.25) is 17.7 Å². The van der Waals surface area contributed by atoms with E-state index in [0.717, 1.165) is 35.3 Å². The zero-order chi connectivity index (χ0) is 20.8. The Morgan fingerprint density at radius 3 is 2.62 bits per heavy atom. The molecule has 1 aliphatic rings. The minimum atomic E-state index is -0.455. The molecule has 29 heavy (non-hydrogen) atoms. The molecule has 0 aliphatic carbocycles. The molecule has 1 aliphatic heterocycles. The van der Waals surface area contributed by atoms with E-state index in [4.69, 9.17) is 0 Å². The molecule has 152 valence electrons. The fourth-order valence-electron chi connectivity index (χ4n) is 3.53. The zero-order valence-electron chi connectivity index (χ0n) is 16.9. The van der Waals surface area contributed by atoms with Gasteiger partial charge in [0.15, 0.2) is 0 Å². The molecule has 1 heterocycles. The Labute approximate surface area is 171 Å². The van der Waals surface area contributed by atoms with Gasteiger partial charge in [-0.05, 0) is 42.2 Å². The first-order valence-electron chi connectivity index (χ1n) is 10.1. The van der Waals surface area contributed by atoms with Crippen LogP contribution in [-0.4, -0.2) is 30.8 Å². The summed E-state index contributed by atoms with van der Waals surface area (Å²) >= 11 is 0. The maximum Gasteiger partial charge on any atom is 0.243 e. The minimum absolute atomic E-state index is 0.0697. The summed E-state index contributed by atoms with van der Waals surface area (Å²) in [6.45, 7) is 4.29. The molecule has 3 amide bonds. The van der Waals surface area contributed by atoms with Crippen molar-refractivity contribution in [1.82, 2.24) is 5.32 Å². The van der Waals surface area contributed by atoms with Gasteiger partial charge in [-0.2, -0.15) is 0 Å². The predicted octanol–water partition coefficient (Wildman–Crippen LogP) is 2.92. The molecule has 0 radical (unpaired) electrons. The molecule has 0 spiro atoms. The van der Waals surface area contributed by atoms with Crippen molar-refractivity contribution >= 4 is 29.1 Å². The monoisotopic (exact) mass is 393 g/mol. The van der Waals surface area contributed by atoms with Crippen LogP contribution in [0.25, 0.3) is 0 Å². The Balaban J connectivity index is 1.54. The number of amides is 3. The molecule has 6 nitrogen and oxygen atoms in total. The second-order valence-electron chi connectivity index (χ2n) is 7.21. The lowest BCUT2D eigenvalue weighted by molar-refractivity contribution is -0.127. The van der Waals surface area contributed by atoms with Crippen LogP contribution in [0.3, 0.4) is 0 Å². The average Bonchev–Trinajstić information content (AvgIpc) is 3.14. The number of carbonyl (C=O) groups is 3. The van der Waals surface area contributed by atoms with E-state index in [1.807, 2.05) is 55.5 Å². The van der Waals surface area contributed by atoms with Crippen LogP contribution in [0.5, 0.6) is 0 Å². The number of benzene rings is 2. The third-order valence-electron chi connectivity index (χ3n) is 5.22. The van der Waals surface area contributed by atoms with Gasteiger partial charge in [0.05, 0.1) is 12.5 Å². The molecule has 2 aromatic carbocycles. The largest absolute Gasteiger partial charge is 0.347 e. The van der Waals surface area contributed by atoms with Gasteiger partial charge in [-0.3, -0.25) is 14.4 Å². The number of nitrogens with one attached hydrogen (secondary N) is 2. The van der Waals surface area contributed by atoms with E-state index >= 15 is 0 Å². The number of para-hydroxylation sites is 1. The van der Waals surface area contributed by atoms with Crippen molar-refractivity contribution in [3.05, 3.63) is 59.7 Å². The molecule has 0 aromatic heterocycles. The molecular weight excluding hydrogens is 366 g/mol. The van der Waals surface area contributed by atoms with Crippen LogP contribution < -0.4 is 15.5 Å². The lowest BCUT2D eigenvalue weighted by Gasteiger charge is -2.17. The lowest BCUT2D eigenvalue weighted by atomic mass is 10.1. The second kappa shape index (κ2) is 9.37. The Hall–Kier alpha value is -3.15. The molecular formula is C23H27N3O3. The van der Waals surface area contributed by atoms with Crippen molar-refractivity contribution in [3.8, 4) is 0 Å². The third-order valence-corrected chi connectivity index (χ3v) is 5.22. The van der Waals surface area contributed by atoms with Crippen molar-refractivity contribution in [2.24, 2.45) is 5.92 Å². The summed E-state index contributed by atoms with van der Waals surface area (Å²) in [4.78, 5) is 38.8. The summed E-state index contributed by atoms with van der Waals surface area (Å²) in [5, 5.41) is 5.50. The van der Waals surface area contributed by atoms with Crippen LogP contribution in [-0.2, 0) is 27.2 Å². The van der Waals surface area contributed by atoms with Crippen LogP contribution in [0.2, 0.25) is 0 Å². The number of anilines is 2. The van der Waals surface area contributed by atoms with Crippen molar-refractivity contribution in [1.29, 1.82) is 0 Å². The smallest absolute Gasteiger partial charge is 0.243 e. The maximum atomic E-state index is 12.5. The number of carbonyl (C=O) groups excluding carboxylic acids is 3. The number of hydrogen-bond donors (Lipinski definition) is 2. The van der Waals surface area contributed by atoms with Gasteiger partial charge in [-0.15, -0.1) is 0 Å². The highest BCUT2D eigenvalue weighted by atomic mass is 16.2. The first-order chi connectivity index (χ1) is 14.0. The second-order valence-corrected chi connectivity index (χ2v) is 7.21. The first kappa shape index (κ1) is 20.6. The summed E-state index contributed by atoms with van der Waals surface area (Å²) in [5.74, 6) is -1.08. The Morgan fingerprint density at radius 2 is 1.86 bits per heavy atom. The number of nitrogens with zero attached hydrogens (tertiary/aromatic N) is 1. The molecule has 0 bridgehead atoms. The van der Waals surface area contributed by atoms with Gasteiger partial charge < -0.3 is 15.5 Å². The molecule has 0 unspecified atom stereocenters. The zero-order valence-corrected chi connectivity index (χ0v) is 16.9. The normalized spacial score (nSPS) is 16.0. The van der Waals surface area contributed by atoms with Gasteiger partial charge >= 0.3 is 0 Å². The van der Waals surface area contributed by atoms with Crippen LogP contribution >= 0.6 is 0 Å². The van der Waals surface area contributed by atoms with E-state index in [0.29, 0.717) is 6.54 Å². The van der Waals surface area contributed by atoms with E-state index in [1.54, 1.807) is 4.90 Å². The average molecular weight is 393 g/mol. The molecule has 6 heteroatoms. The highest BCUT2D eigenvalue weighted by Gasteiger charge is 2.35. The summed E-state index contributed by atoms with van der Waals surface area (Å²) in [6, 6.07) is 15.4. The van der Waals surface area contributed by atoms with E-state index < -0.39 is 5.92 Å². The van der Waals surface area contributed by atoms with E-state index in [9.17, 15) is 14.4 Å². The van der Waals surface area contributed by atoms with Gasteiger partial charge in [0, 0.05) is 24.3 Å². The lowest BCUT2D eigenvalue weighted by Crippen LogP contribution is -2.38. The summed E-state index contributed by atoms with van der Waals surface area (Å²) in [6.07, 6.45) is 1.85. The fourth-order valence-corrected chi connectivity index (χ4v) is 3.53. The number of aryl methyl sites for hydroxylation is 2. The molecule has 2 aromatic rings. The minimum Gasteiger partial charge on any atom is -0.347 e. The van der Waals surface area contributed by atoms with Crippen LogP contribution in [0.4, 0.5) is 11.4 Å². The Kier molecular flexibility index (Phi) is 6.65. The SMILES string of the molecule is CCc1cccc(N2C[C@@H](C(=O)NCC(=O)Nc3ccccc3CC)CC2=O)c1. The van der Waals surface area contributed by atoms with Crippen molar-refractivity contribution in [2.45, 2.75) is 33.1 Å². The topological polar surface area (TPSA) is 78.5 Å². The molecule has 2 N–H and O–H groups in total. The number of rotatable bonds is 7. The fraction of sp³-hybridized carbons (Fsp3) is 0.348. The highest BCUT2D eigenvalue weighted by molar-refractivity contribution is 6.01. The first-order valence-corrected chi connectivity index (χ1v) is 10.1. The van der Waals surface area contributed by atoms with Crippen molar-refractivity contribution < 1.29 is 14.4 Å². The quantitative estimate of drug-likeness (QED) is 0.759. The van der Waals surface area contributed by atoms with Crippen molar-refractivity contribution in [3.63, 3.8) is 0 Å². The standard InChI is InChI=1S/C23H27N3O3/c1-3-16-8-7-10-19(12-16)26-15-18(13-22(26)28)23(29)24-14-21(27)25-20-11-6-5-9-17(20)4-2/h5-12,18H,3-4,13-15H2,1-2H3,(H,24,29)(H,25,27)/t18-/m0/s1. The number of hydrogen-bond acceptors (Lipinski definition) is 3. The van der Waals surface area contributed by atoms with Gasteiger partial charge in [0.1, 0.15) is 0 Å². The molecule has 1 saturated heterocycles. The summed E-state index contributed by atoms with van der Waals surface area (Å²) in [7, 11) is 0. The van der Waals surface area contributed by atoms with E-state index in [1.165, 1.54) is 0 Å². The van der Waals surface area contributed by atoms with Crippen LogP contribution in [0.1, 0.15) is 31.4 Å². The molecule has 1 atom stereocenters. The highest BCUT2D eigenvalue weighted by Crippen LogP contribution is 2.26. The van der Waals surface area contributed by atoms with Gasteiger partial charge in [-0.1, -0.05) is 44.2 Å². The molecule has 0 saturated carbocycles.